The number of aromatic nitrogens is 4. The van der Waals surface area contributed by atoms with Gasteiger partial charge in [0.15, 0.2) is 5.82 Å². The minimum Gasteiger partial charge on any atom is -0.497 e. The van der Waals surface area contributed by atoms with E-state index in [4.69, 9.17) is 18.7 Å². The third kappa shape index (κ3) is 3.96. The zero-order chi connectivity index (χ0) is 22.9. The van der Waals surface area contributed by atoms with Crippen molar-refractivity contribution < 1.29 is 23.5 Å². The largest absolute Gasteiger partial charge is 0.497 e. The second kappa shape index (κ2) is 8.68. The Hall–Kier alpha value is -3.70. The number of hydrogen-bond acceptors (Lipinski definition) is 9. The molecule has 10 nitrogen and oxygen atoms in total. The lowest BCUT2D eigenvalue weighted by molar-refractivity contribution is 0.102. The van der Waals surface area contributed by atoms with Crippen LogP contribution in [0.15, 0.2) is 28.8 Å². The van der Waals surface area contributed by atoms with Crippen molar-refractivity contribution in [1.82, 2.24) is 20.3 Å². The average Bonchev–Trinajstić information content (AvgIpc) is 3.56. The van der Waals surface area contributed by atoms with E-state index in [9.17, 15) is 4.79 Å². The molecule has 1 aliphatic heterocycles. The molecule has 3 aromatic heterocycles. The number of H-pyrrole nitrogens is 1. The van der Waals surface area contributed by atoms with Crippen molar-refractivity contribution in [2.24, 2.45) is 0 Å². The summed E-state index contributed by atoms with van der Waals surface area (Å²) in [4.78, 5) is 18.5. The van der Waals surface area contributed by atoms with Crippen LogP contribution in [0, 0.1) is 6.92 Å². The van der Waals surface area contributed by atoms with Crippen LogP contribution in [0.3, 0.4) is 0 Å². The fraction of sp³-hybridized carbons (Fsp3) is 0.273. The van der Waals surface area contributed by atoms with Gasteiger partial charge in [0.25, 0.3) is 11.8 Å². The second-order valence-corrected chi connectivity index (χ2v) is 8.45. The molecular weight excluding hydrogens is 446 g/mol. The van der Waals surface area contributed by atoms with Crippen LogP contribution >= 0.6 is 11.3 Å². The molecule has 0 saturated carbocycles. The van der Waals surface area contributed by atoms with Gasteiger partial charge in [0.05, 0.1) is 38.7 Å². The summed E-state index contributed by atoms with van der Waals surface area (Å²) in [5.74, 6) is 1.85. The van der Waals surface area contributed by atoms with Gasteiger partial charge in [0, 0.05) is 10.4 Å². The number of carbonyl (C=O) groups is 1. The second-order valence-electron chi connectivity index (χ2n) is 7.34. The molecule has 0 aliphatic carbocycles. The molecule has 4 aromatic rings. The molecule has 0 spiro atoms. The molecule has 1 aliphatic rings. The van der Waals surface area contributed by atoms with Gasteiger partial charge in [-0.1, -0.05) is 5.16 Å². The number of benzene rings is 1. The highest BCUT2D eigenvalue weighted by atomic mass is 32.1. The number of carbonyl (C=O) groups excluding carboxylic acids is 1. The van der Waals surface area contributed by atoms with Crippen LogP contribution in [0.2, 0.25) is 0 Å². The van der Waals surface area contributed by atoms with Gasteiger partial charge in [-0.15, -0.1) is 11.3 Å². The standard InChI is InChI=1S/C22H21N5O5S/c1-11-23-21(32-27-11)19-13-6-7-31-10-18(13)33-22(19)24-20(28)16-9-15(25-26-16)14-8-12(29-2)4-5-17(14)30-3/h4-5,8-9H,6-7,10H2,1-3H3,(H,24,28)(H,25,26). The highest BCUT2D eigenvalue weighted by Crippen LogP contribution is 2.42. The zero-order valence-electron chi connectivity index (χ0n) is 18.2. The van der Waals surface area contributed by atoms with E-state index in [0.717, 1.165) is 16.0 Å². The van der Waals surface area contributed by atoms with Crippen molar-refractivity contribution in [1.29, 1.82) is 0 Å². The highest BCUT2D eigenvalue weighted by Gasteiger charge is 2.27. The lowest BCUT2D eigenvalue weighted by Gasteiger charge is -2.12. The zero-order valence-corrected chi connectivity index (χ0v) is 19.0. The van der Waals surface area contributed by atoms with Gasteiger partial charge in [-0.2, -0.15) is 10.1 Å². The van der Waals surface area contributed by atoms with Crippen molar-refractivity contribution in [3.05, 3.63) is 46.2 Å². The number of nitrogens with one attached hydrogen (secondary N) is 2. The number of methoxy groups -OCH3 is 2. The molecule has 4 heterocycles. The molecule has 1 amide bonds. The summed E-state index contributed by atoms with van der Waals surface area (Å²) in [5.41, 5.74) is 3.38. The number of hydrogen-bond donors (Lipinski definition) is 2. The predicted molar refractivity (Wildman–Crippen MR) is 121 cm³/mol. The molecule has 5 rings (SSSR count). The number of thiophene rings is 1. The van der Waals surface area contributed by atoms with Crippen LogP contribution in [-0.2, 0) is 17.8 Å². The first-order valence-electron chi connectivity index (χ1n) is 10.2. The summed E-state index contributed by atoms with van der Waals surface area (Å²) in [6.07, 6.45) is 0.711. The topological polar surface area (TPSA) is 124 Å². The molecule has 0 unspecified atom stereocenters. The van der Waals surface area contributed by atoms with Crippen LogP contribution in [0.4, 0.5) is 5.00 Å². The molecule has 0 atom stereocenters. The fourth-order valence-corrected chi connectivity index (χ4v) is 4.88. The van der Waals surface area contributed by atoms with E-state index < -0.39 is 0 Å². The van der Waals surface area contributed by atoms with Crippen LogP contribution in [0.1, 0.15) is 26.8 Å². The molecule has 0 bridgehead atoms. The van der Waals surface area contributed by atoms with Crippen molar-refractivity contribution in [2.75, 3.05) is 26.1 Å². The fourth-order valence-electron chi connectivity index (χ4n) is 3.71. The van der Waals surface area contributed by atoms with E-state index in [2.05, 4.69) is 25.7 Å². The normalized spacial score (nSPS) is 12.9. The van der Waals surface area contributed by atoms with Crippen LogP contribution in [0.5, 0.6) is 11.5 Å². The van der Waals surface area contributed by atoms with Gasteiger partial charge in [-0.05, 0) is 43.2 Å². The van der Waals surface area contributed by atoms with Crippen LogP contribution in [-0.4, -0.2) is 47.1 Å². The van der Waals surface area contributed by atoms with Crippen molar-refractivity contribution >= 4 is 22.2 Å². The van der Waals surface area contributed by atoms with E-state index >= 15 is 0 Å². The molecule has 170 valence electrons. The summed E-state index contributed by atoms with van der Waals surface area (Å²) >= 11 is 1.45. The minimum atomic E-state index is -0.340. The summed E-state index contributed by atoms with van der Waals surface area (Å²) in [5, 5.41) is 14.6. The molecule has 1 aromatic carbocycles. The number of ether oxygens (including phenoxy) is 3. The summed E-state index contributed by atoms with van der Waals surface area (Å²) in [6.45, 7) is 2.84. The number of nitrogens with zero attached hydrogens (tertiary/aromatic N) is 3. The van der Waals surface area contributed by atoms with Crippen molar-refractivity contribution in [3.63, 3.8) is 0 Å². The number of aromatic amines is 1. The highest BCUT2D eigenvalue weighted by molar-refractivity contribution is 7.17. The third-order valence-corrected chi connectivity index (χ3v) is 6.41. The van der Waals surface area contributed by atoms with Gasteiger partial charge in [0.2, 0.25) is 0 Å². The number of amides is 1. The van der Waals surface area contributed by atoms with E-state index in [0.29, 0.717) is 64.8 Å². The van der Waals surface area contributed by atoms with Gasteiger partial charge in [-0.3, -0.25) is 9.89 Å². The van der Waals surface area contributed by atoms with E-state index in [1.807, 2.05) is 0 Å². The number of anilines is 1. The van der Waals surface area contributed by atoms with Crippen molar-refractivity contribution in [3.8, 4) is 34.2 Å². The summed E-state index contributed by atoms with van der Waals surface area (Å²) < 4.78 is 21.7. The maximum absolute atomic E-state index is 13.1. The Morgan fingerprint density at radius 3 is 2.88 bits per heavy atom. The van der Waals surface area contributed by atoms with Crippen LogP contribution < -0.4 is 14.8 Å². The minimum absolute atomic E-state index is 0.296. The van der Waals surface area contributed by atoms with Gasteiger partial charge < -0.3 is 24.1 Å². The van der Waals surface area contributed by atoms with Crippen LogP contribution in [0.25, 0.3) is 22.7 Å². The van der Waals surface area contributed by atoms with E-state index in [1.165, 1.54) is 11.3 Å². The average molecular weight is 468 g/mol. The Morgan fingerprint density at radius 1 is 1.24 bits per heavy atom. The molecule has 2 N–H and O–H groups in total. The molecule has 0 radical (unpaired) electrons. The lowest BCUT2D eigenvalue weighted by Crippen LogP contribution is -2.12. The maximum Gasteiger partial charge on any atom is 0.274 e. The van der Waals surface area contributed by atoms with E-state index in [1.54, 1.807) is 45.4 Å². The van der Waals surface area contributed by atoms with Gasteiger partial charge in [-0.25, -0.2) is 0 Å². The lowest BCUT2D eigenvalue weighted by atomic mass is 10.1. The monoisotopic (exact) mass is 467 g/mol. The van der Waals surface area contributed by atoms with Crippen molar-refractivity contribution in [2.45, 2.75) is 20.0 Å². The molecule has 33 heavy (non-hydrogen) atoms. The Balaban J connectivity index is 1.46. The molecular formula is C22H21N5O5S. The Bertz CT molecular complexity index is 1320. The first kappa shape index (κ1) is 21.2. The number of fused-ring (bicyclic) bond motifs is 1. The Labute approximate surface area is 192 Å². The number of aryl methyl sites for hydroxylation is 1. The smallest absolute Gasteiger partial charge is 0.274 e. The van der Waals surface area contributed by atoms with Gasteiger partial charge >= 0.3 is 0 Å². The number of rotatable bonds is 6. The summed E-state index contributed by atoms with van der Waals surface area (Å²) in [7, 11) is 3.16. The predicted octanol–water partition coefficient (Wildman–Crippen LogP) is 3.84. The Morgan fingerprint density at radius 2 is 2.12 bits per heavy atom. The Kier molecular flexibility index (Phi) is 5.56. The van der Waals surface area contributed by atoms with Gasteiger partial charge in [0.1, 0.15) is 22.2 Å². The molecule has 0 saturated heterocycles. The first-order valence-corrected chi connectivity index (χ1v) is 11.0. The van der Waals surface area contributed by atoms with E-state index in [-0.39, 0.29) is 5.91 Å². The first-order chi connectivity index (χ1) is 16.1. The molecule has 11 heteroatoms. The SMILES string of the molecule is COc1ccc(OC)c(-c2cc(C(=O)Nc3sc4c(c3-c3nc(C)no3)CCOC4)[nH]n2)c1. The quantitative estimate of drug-likeness (QED) is 0.438. The third-order valence-electron chi connectivity index (χ3n) is 5.29. The molecule has 0 fully saturated rings. The summed E-state index contributed by atoms with van der Waals surface area (Å²) in [6, 6.07) is 7.06. The maximum atomic E-state index is 13.1.